The molecule has 4 nitrogen and oxygen atoms in total. The van der Waals surface area contributed by atoms with E-state index in [4.69, 9.17) is 0 Å². The lowest BCUT2D eigenvalue weighted by Gasteiger charge is -2.09. The van der Waals surface area contributed by atoms with Gasteiger partial charge in [0.25, 0.3) is 0 Å². The molecule has 0 aromatic heterocycles. The summed E-state index contributed by atoms with van der Waals surface area (Å²) in [4.78, 5) is 11.7. The van der Waals surface area contributed by atoms with Crippen LogP contribution in [0.1, 0.15) is 24.8 Å². The zero-order chi connectivity index (χ0) is 14.4. The van der Waals surface area contributed by atoms with Crippen molar-refractivity contribution in [1.82, 2.24) is 5.32 Å². The number of nitrogens with one attached hydrogen (secondary N) is 1. The minimum absolute atomic E-state index is 0.0187. The molecule has 0 bridgehead atoms. The van der Waals surface area contributed by atoms with Crippen LogP contribution in [0.25, 0.3) is 0 Å². The molecule has 1 aliphatic heterocycles. The molecule has 1 aromatic rings. The van der Waals surface area contributed by atoms with E-state index in [2.05, 4.69) is 17.4 Å². The maximum atomic E-state index is 11.7. The van der Waals surface area contributed by atoms with Crippen molar-refractivity contribution < 1.29 is 13.2 Å². The predicted molar refractivity (Wildman–Crippen MR) is 79.2 cm³/mol. The van der Waals surface area contributed by atoms with Gasteiger partial charge in [-0.3, -0.25) is 4.79 Å². The molecule has 1 heterocycles. The largest absolute Gasteiger partial charge is 0.356 e. The number of hydrogen-bond acceptors (Lipinski definition) is 3. The van der Waals surface area contributed by atoms with Crippen LogP contribution in [0.15, 0.2) is 30.3 Å². The number of carbonyl (C=O) groups is 1. The number of aryl methyl sites for hydroxylation is 1. The van der Waals surface area contributed by atoms with E-state index in [9.17, 15) is 13.2 Å². The molecular formula is C15H21NO3S. The van der Waals surface area contributed by atoms with Crippen molar-refractivity contribution in [3.63, 3.8) is 0 Å². The molecule has 1 unspecified atom stereocenters. The minimum Gasteiger partial charge on any atom is -0.356 e. The van der Waals surface area contributed by atoms with Gasteiger partial charge in [0.2, 0.25) is 5.91 Å². The quantitative estimate of drug-likeness (QED) is 0.866. The Balaban J connectivity index is 1.61. The Morgan fingerprint density at radius 3 is 2.65 bits per heavy atom. The molecule has 1 saturated heterocycles. The van der Waals surface area contributed by atoms with E-state index in [1.54, 1.807) is 0 Å². The summed E-state index contributed by atoms with van der Waals surface area (Å²) in [5.74, 6) is 0.599. The third-order valence-electron chi connectivity index (χ3n) is 3.63. The van der Waals surface area contributed by atoms with Gasteiger partial charge in [-0.15, -0.1) is 0 Å². The molecule has 0 spiro atoms. The Kier molecular flexibility index (Phi) is 5.17. The first-order valence-corrected chi connectivity index (χ1v) is 8.88. The van der Waals surface area contributed by atoms with E-state index in [1.165, 1.54) is 5.56 Å². The van der Waals surface area contributed by atoms with E-state index in [-0.39, 0.29) is 23.3 Å². The maximum absolute atomic E-state index is 11.7. The highest BCUT2D eigenvalue weighted by Crippen LogP contribution is 2.17. The molecule has 20 heavy (non-hydrogen) atoms. The maximum Gasteiger partial charge on any atom is 0.220 e. The van der Waals surface area contributed by atoms with Crippen molar-refractivity contribution in [3.8, 4) is 0 Å². The summed E-state index contributed by atoms with van der Waals surface area (Å²) in [6.45, 7) is 0.489. The van der Waals surface area contributed by atoms with Crippen LogP contribution in [0.3, 0.4) is 0 Å². The fourth-order valence-corrected chi connectivity index (χ4v) is 4.34. The SMILES string of the molecule is O=C(CCCc1ccccc1)NCC1CCS(=O)(=O)C1. The highest BCUT2D eigenvalue weighted by atomic mass is 32.2. The highest BCUT2D eigenvalue weighted by molar-refractivity contribution is 7.91. The van der Waals surface area contributed by atoms with Crippen molar-refractivity contribution in [2.75, 3.05) is 18.1 Å². The van der Waals surface area contributed by atoms with Gasteiger partial charge in [0, 0.05) is 13.0 Å². The standard InChI is InChI=1S/C15H21NO3S/c17-15(8-4-7-13-5-2-1-3-6-13)16-11-14-9-10-20(18,19)12-14/h1-3,5-6,14H,4,7-12H2,(H,16,17). The first kappa shape index (κ1) is 15.0. The van der Waals surface area contributed by atoms with E-state index in [1.807, 2.05) is 18.2 Å². The summed E-state index contributed by atoms with van der Waals surface area (Å²) in [7, 11) is -2.85. The van der Waals surface area contributed by atoms with Crippen LogP contribution in [0.2, 0.25) is 0 Å². The third-order valence-corrected chi connectivity index (χ3v) is 5.46. The average Bonchev–Trinajstić information content (AvgIpc) is 2.77. The lowest BCUT2D eigenvalue weighted by atomic mass is 10.1. The van der Waals surface area contributed by atoms with Gasteiger partial charge in [-0.1, -0.05) is 30.3 Å². The van der Waals surface area contributed by atoms with Gasteiger partial charge in [0.1, 0.15) is 0 Å². The molecule has 1 N–H and O–H groups in total. The molecule has 0 saturated carbocycles. The van der Waals surface area contributed by atoms with Crippen LogP contribution in [0.5, 0.6) is 0 Å². The summed E-state index contributed by atoms with van der Waals surface area (Å²) < 4.78 is 22.6. The number of amides is 1. The van der Waals surface area contributed by atoms with Gasteiger partial charge in [-0.25, -0.2) is 8.42 Å². The monoisotopic (exact) mass is 295 g/mol. The van der Waals surface area contributed by atoms with Gasteiger partial charge < -0.3 is 5.32 Å². The second-order valence-electron chi connectivity index (χ2n) is 5.41. The predicted octanol–water partition coefficient (Wildman–Crippen LogP) is 1.56. The lowest BCUT2D eigenvalue weighted by Crippen LogP contribution is -2.29. The fourth-order valence-electron chi connectivity index (χ4n) is 2.48. The second-order valence-corrected chi connectivity index (χ2v) is 7.64. The smallest absolute Gasteiger partial charge is 0.220 e. The summed E-state index contributed by atoms with van der Waals surface area (Å²) in [6, 6.07) is 10.1. The summed E-state index contributed by atoms with van der Waals surface area (Å²) in [6.07, 6.45) is 2.88. The van der Waals surface area contributed by atoms with Gasteiger partial charge in [0.05, 0.1) is 11.5 Å². The van der Waals surface area contributed by atoms with Crippen molar-refractivity contribution >= 4 is 15.7 Å². The minimum atomic E-state index is -2.85. The Bertz CT molecular complexity index is 539. The third kappa shape index (κ3) is 4.96. The highest BCUT2D eigenvalue weighted by Gasteiger charge is 2.27. The number of sulfone groups is 1. The van der Waals surface area contributed by atoms with Crippen LogP contribution in [-0.2, 0) is 21.1 Å². The number of carbonyl (C=O) groups excluding carboxylic acids is 1. The molecular weight excluding hydrogens is 274 g/mol. The van der Waals surface area contributed by atoms with Crippen LogP contribution in [0, 0.1) is 5.92 Å². The molecule has 1 atom stereocenters. The number of hydrogen-bond donors (Lipinski definition) is 1. The van der Waals surface area contributed by atoms with Crippen molar-refractivity contribution in [2.45, 2.75) is 25.7 Å². The van der Waals surface area contributed by atoms with E-state index in [0.717, 1.165) is 12.8 Å². The molecule has 0 aliphatic carbocycles. The molecule has 2 rings (SSSR count). The normalized spacial score (nSPS) is 20.7. The Labute approximate surface area is 120 Å². The van der Waals surface area contributed by atoms with Crippen LogP contribution in [-0.4, -0.2) is 32.4 Å². The average molecular weight is 295 g/mol. The number of rotatable bonds is 6. The molecule has 1 aliphatic rings. The summed E-state index contributed by atoms with van der Waals surface area (Å²) >= 11 is 0. The molecule has 1 fully saturated rings. The summed E-state index contributed by atoms with van der Waals surface area (Å²) in [5.41, 5.74) is 1.24. The van der Waals surface area contributed by atoms with Crippen LogP contribution < -0.4 is 5.32 Å². The van der Waals surface area contributed by atoms with Crippen molar-refractivity contribution in [2.24, 2.45) is 5.92 Å². The molecule has 110 valence electrons. The molecule has 5 heteroatoms. The Morgan fingerprint density at radius 2 is 2.00 bits per heavy atom. The Hall–Kier alpha value is -1.36. The Morgan fingerprint density at radius 1 is 1.25 bits per heavy atom. The fraction of sp³-hybridized carbons (Fsp3) is 0.533. The van der Waals surface area contributed by atoms with E-state index >= 15 is 0 Å². The zero-order valence-corrected chi connectivity index (χ0v) is 12.4. The lowest BCUT2D eigenvalue weighted by molar-refractivity contribution is -0.121. The van der Waals surface area contributed by atoms with Gasteiger partial charge >= 0.3 is 0 Å². The molecule has 1 aromatic carbocycles. The van der Waals surface area contributed by atoms with Gasteiger partial charge in [-0.2, -0.15) is 0 Å². The van der Waals surface area contributed by atoms with E-state index in [0.29, 0.717) is 19.4 Å². The summed E-state index contributed by atoms with van der Waals surface area (Å²) in [5, 5.41) is 2.85. The first-order valence-electron chi connectivity index (χ1n) is 7.06. The topological polar surface area (TPSA) is 63.2 Å². The van der Waals surface area contributed by atoms with Crippen molar-refractivity contribution in [3.05, 3.63) is 35.9 Å². The molecule has 0 radical (unpaired) electrons. The van der Waals surface area contributed by atoms with Crippen LogP contribution >= 0.6 is 0 Å². The van der Waals surface area contributed by atoms with E-state index < -0.39 is 9.84 Å². The molecule has 1 amide bonds. The van der Waals surface area contributed by atoms with Gasteiger partial charge in [-0.05, 0) is 30.7 Å². The zero-order valence-electron chi connectivity index (χ0n) is 11.5. The number of benzene rings is 1. The first-order chi connectivity index (χ1) is 9.55. The second kappa shape index (κ2) is 6.88. The van der Waals surface area contributed by atoms with Gasteiger partial charge in [0.15, 0.2) is 9.84 Å². The van der Waals surface area contributed by atoms with Crippen molar-refractivity contribution in [1.29, 1.82) is 0 Å². The van der Waals surface area contributed by atoms with Crippen LogP contribution in [0.4, 0.5) is 0 Å².